The Morgan fingerprint density at radius 3 is 1.67 bits per heavy atom. The molecule has 5 bridgehead atoms. The van der Waals surface area contributed by atoms with Crippen molar-refractivity contribution >= 4 is 34.0 Å². The molecule has 5 aliphatic rings. The molecule has 0 radical (unpaired) electrons. The minimum atomic E-state index is -0.337. The van der Waals surface area contributed by atoms with E-state index in [1.54, 1.807) is 0 Å². The van der Waals surface area contributed by atoms with Crippen LogP contribution in [0.25, 0.3) is 22.3 Å². The van der Waals surface area contributed by atoms with Crippen molar-refractivity contribution in [3.05, 3.63) is 223 Å². The highest BCUT2D eigenvalue weighted by molar-refractivity contribution is 6.30. The molecule has 6 aromatic rings. The van der Waals surface area contributed by atoms with E-state index < -0.39 is 0 Å². The number of carbonyl (C=O) groups is 1. The van der Waals surface area contributed by atoms with Crippen LogP contribution in [0.5, 0.6) is 0 Å². The highest BCUT2D eigenvalue weighted by atomic mass is 16.5. The van der Waals surface area contributed by atoms with Crippen molar-refractivity contribution in [3.63, 3.8) is 0 Å². The van der Waals surface area contributed by atoms with E-state index in [0.717, 1.165) is 89.3 Å². The molecule has 0 saturated heterocycles. The van der Waals surface area contributed by atoms with Gasteiger partial charge in [0.25, 0.3) is 0 Å². The minimum Gasteiger partial charge on any atom is -0.420 e. The molecular weight excluding hydrogens is 677 g/mol. The van der Waals surface area contributed by atoms with Crippen LogP contribution in [-0.2, 0) is 22.9 Å². The number of esters is 1. The third-order valence-corrected chi connectivity index (χ3v) is 11.5. The van der Waals surface area contributed by atoms with Gasteiger partial charge in [-0.3, -0.25) is 0 Å². The number of aliphatic imine (C=N–C) groups is 1. The molecule has 6 nitrogen and oxygen atoms in total. The van der Waals surface area contributed by atoms with Crippen LogP contribution in [0.3, 0.4) is 0 Å². The smallest absolute Gasteiger partial charge is 0.346 e. The van der Waals surface area contributed by atoms with Crippen molar-refractivity contribution in [2.75, 3.05) is 0 Å². The Hall–Kier alpha value is -6.92. The van der Waals surface area contributed by atoms with Crippen LogP contribution in [0.1, 0.15) is 50.3 Å². The second-order valence-corrected chi connectivity index (χ2v) is 15.0. The van der Waals surface area contributed by atoms with Crippen LogP contribution < -0.4 is 10.7 Å². The summed E-state index contributed by atoms with van der Waals surface area (Å²) in [6, 6.07) is 45.1. The maximum Gasteiger partial charge on any atom is 0.346 e. The first-order valence-corrected chi connectivity index (χ1v) is 18.8. The quantitative estimate of drug-likeness (QED) is 0.175. The summed E-state index contributed by atoms with van der Waals surface area (Å²) in [6.45, 7) is 7.29. The van der Waals surface area contributed by atoms with Gasteiger partial charge in [-0.15, -0.1) is 0 Å². The minimum absolute atomic E-state index is 0.337. The van der Waals surface area contributed by atoms with Crippen molar-refractivity contribution in [1.29, 1.82) is 0 Å². The Labute approximate surface area is 319 Å². The zero-order chi connectivity index (χ0) is 36.9. The first kappa shape index (κ1) is 31.6. The van der Waals surface area contributed by atoms with Crippen LogP contribution in [0.2, 0.25) is 0 Å². The third kappa shape index (κ3) is 4.74. The molecule has 264 valence electrons. The number of aromatic nitrogens is 2. The fourth-order valence-electron chi connectivity index (χ4n) is 8.81. The lowest BCUT2D eigenvalue weighted by molar-refractivity contribution is -0.132. The highest BCUT2D eigenvalue weighted by Gasteiger charge is 2.43. The van der Waals surface area contributed by atoms with Gasteiger partial charge in [0.2, 0.25) is 0 Å². The molecule has 0 saturated carbocycles. The lowest BCUT2D eigenvalue weighted by Crippen LogP contribution is -2.38. The Bertz CT molecular complexity index is 2950. The molecule has 7 heterocycles. The molecule has 0 N–H and O–H groups in total. The van der Waals surface area contributed by atoms with Gasteiger partial charge in [0, 0.05) is 16.7 Å². The molecule has 2 aromatic heterocycles. The lowest BCUT2D eigenvalue weighted by Gasteiger charge is -2.27. The van der Waals surface area contributed by atoms with Gasteiger partial charge in [-0.1, -0.05) is 120 Å². The number of rotatable bonds is 4. The van der Waals surface area contributed by atoms with E-state index in [9.17, 15) is 4.79 Å². The summed E-state index contributed by atoms with van der Waals surface area (Å²) < 4.78 is 11.3. The molecular formula is C49H36N4O2. The zero-order valence-electron chi connectivity index (χ0n) is 30.8. The lowest BCUT2D eigenvalue weighted by atomic mass is 9.93. The number of allylic oxidation sites excluding steroid dienone is 3. The van der Waals surface area contributed by atoms with Crippen molar-refractivity contribution in [2.45, 2.75) is 34.1 Å². The van der Waals surface area contributed by atoms with Gasteiger partial charge in [0.1, 0.15) is 0 Å². The number of hydrogen-bond donors (Lipinski definition) is 0. The van der Waals surface area contributed by atoms with Crippen molar-refractivity contribution in [2.24, 2.45) is 4.99 Å². The second kappa shape index (κ2) is 11.8. The molecule has 0 atom stereocenters. The number of hydrogen-bond acceptors (Lipinski definition) is 4. The summed E-state index contributed by atoms with van der Waals surface area (Å²) in [5.41, 5.74) is 16.7. The predicted molar refractivity (Wildman–Crippen MR) is 217 cm³/mol. The second-order valence-electron chi connectivity index (χ2n) is 15.0. The number of nitrogens with zero attached hydrogens (tertiary/aromatic N) is 4. The first-order chi connectivity index (χ1) is 26.9. The molecule has 0 aliphatic carbocycles. The topological polar surface area (TPSA) is 51.8 Å². The summed E-state index contributed by atoms with van der Waals surface area (Å²) >= 11 is 0. The van der Waals surface area contributed by atoms with Crippen LogP contribution in [0.15, 0.2) is 167 Å². The number of benzene rings is 4. The molecule has 55 heavy (non-hydrogen) atoms. The zero-order valence-corrected chi connectivity index (χ0v) is 30.8. The van der Waals surface area contributed by atoms with Crippen LogP contribution in [-0.4, -0.2) is 25.7 Å². The van der Waals surface area contributed by atoms with Gasteiger partial charge in [-0.2, -0.15) is 0 Å². The van der Waals surface area contributed by atoms with Gasteiger partial charge < -0.3 is 18.8 Å². The standard InChI is InChI=1S/C49H36N4O2/c1-29-9-15-33(16-10-29)42-36-21-22-37(50-36)43(34-17-11-30(2)12-18-34)39-24-26-41-45(32-7-5-4-6-8-32)48-47-46(49(54)55-48)44(35-19-13-31(3)14-20-35)40-25-23-38(42)52(40)27-51(47)28-53(39)41/h4-26H,27-28H2,1-3H3. The average Bonchev–Trinajstić information content (AvgIpc) is 3.96. The Morgan fingerprint density at radius 2 is 1.04 bits per heavy atom. The summed E-state index contributed by atoms with van der Waals surface area (Å²) in [4.78, 5) is 22.5. The van der Waals surface area contributed by atoms with E-state index in [0.29, 0.717) is 24.7 Å². The van der Waals surface area contributed by atoms with Crippen LogP contribution in [0.4, 0.5) is 0 Å². The van der Waals surface area contributed by atoms with Gasteiger partial charge in [-0.05, 0) is 79.4 Å². The fourth-order valence-corrected chi connectivity index (χ4v) is 8.81. The molecule has 11 rings (SSSR count). The maximum atomic E-state index is 14.6. The summed E-state index contributed by atoms with van der Waals surface area (Å²) in [5, 5.41) is 2.03. The monoisotopic (exact) mass is 712 g/mol. The summed E-state index contributed by atoms with van der Waals surface area (Å²) in [6.07, 6.45) is 4.33. The molecule has 0 fully saturated rings. The van der Waals surface area contributed by atoms with Gasteiger partial charge in [0.05, 0.1) is 63.7 Å². The van der Waals surface area contributed by atoms with E-state index in [1.807, 2.05) is 18.2 Å². The van der Waals surface area contributed by atoms with Crippen LogP contribution >= 0.6 is 0 Å². The molecule has 0 amide bonds. The van der Waals surface area contributed by atoms with E-state index >= 15 is 0 Å². The SMILES string of the molecule is Cc1ccc(C2=C3C=CC(=N3)C(c3ccc(C)cc3)=c3ccc4n3CN3Cn5c2ccc5C(c2ccc(C)cc2)=C2C(=O)OC(=C23)C=4c2ccccc2)cc1. The number of aryl methyl sites for hydroxylation is 3. The fraction of sp³-hybridized carbons (Fsp3) is 0.102. The van der Waals surface area contributed by atoms with E-state index in [4.69, 9.17) is 9.73 Å². The van der Waals surface area contributed by atoms with E-state index in [-0.39, 0.29) is 5.97 Å². The molecule has 5 aliphatic heterocycles. The number of ether oxygens (including phenoxy) is 1. The van der Waals surface area contributed by atoms with Crippen molar-refractivity contribution < 1.29 is 9.53 Å². The number of fused-ring (bicyclic) bond motifs is 1. The Balaban J connectivity index is 1.35. The highest BCUT2D eigenvalue weighted by Crippen LogP contribution is 2.47. The Kier molecular flexibility index (Phi) is 6.77. The van der Waals surface area contributed by atoms with Crippen LogP contribution in [0, 0.1) is 20.8 Å². The maximum absolute atomic E-state index is 14.6. The van der Waals surface area contributed by atoms with Crippen molar-refractivity contribution in [3.8, 4) is 0 Å². The average molecular weight is 713 g/mol. The number of carbonyl (C=O) groups excluding carboxylic acids is 1. The van der Waals surface area contributed by atoms with Crippen molar-refractivity contribution in [1.82, 2.24) is 14.0 Å². The molecule has 0 unspecified atom stereocenters. The van der Waals surface area contributed by atoms with E-state index in [2.05, 4.69) is 156 Å². The van der Waals surface area contributed by atoms with Gasteiger partial charge >= 0.3 is 5.97 Å². The molecule has 4 aromatic carbocycles. The first-order valence-electron chi connectivity index (χ1n) is 18.8. The van der Waals surface area contributed by atoms with E-state index in [1.165, 1.54) is 11.1 Å². The van der Waals surface area contributed by atoms with Gasteiger partial charge in [0.15, 0.2) is 5.76 Å². The van der Waals surface area contributed by atoms with Gasteiger partial charge in [-0.25, -0.2) is 9.79 Å². The molecule has 0 spiro atoms. The Morgan fingerprint density at radius 1 is 0.509 bits per heavy atom. The molecule has 6 heteroatoms. The summed E-state index contributed by atoms with van der Waals surface area (Å²) in [7, 11) is 0. The summed E-state index contributed by atoms with van der Waals surface area (Å²) in [5.74, 6) is 0.255. The third-order valence-electron chi connectivity index (χ3n) is 11.5. The predicted octanol–water partition coefficient (Wildman–Crippen LogP) is 7.91. The normalized spacial score (nSPS) is 16.7. The largest absolute Gasteiger partial charge is 0.420 e.